The Labute approximate surface area is 123 Å². The van der Waals surface area contributed by atoms with E-state index in [2.05, 4.69) is 11.1 Å². The summed E-state index contributed by atoms with van der Waals surface area (Å²) >= 11 is 1.45. The third kappa shape index (κ3) is 2.84. The van der Waals surface area contributed by atoms with Crippen molar-refractivity contribution in [2.75, 3.05) is 12.3 Å². The van der Waals surface area contributed by atoms with E-state index in [1.54, 1.807) is 13.8 Å². The number of nitrogen functional groups attached to an aromatic ring is 1. The van der Waals surface area contributed by atoms with Crippen molar-refractivity contribution in [1.82, 2.24) is 0 Å². The van der Waals surface area contributed by atoms with E-state index < -0.39 is 14.8 Å². The highest BCUT2D eigenvalue weighted by molar-refractivity contribution is 8.16. The van der Waals surface area contributed by atoms with Crippen LogP contribution in [0.5, 0.6) is 0 Å². The maximum Gasteiger partial charge on any atom is 0.220 e. The van der Waals surface area contributed by atoms with Gasteiger partial charge in [0.15, 0.2) is 0 Å². The number of rotatable bonds is 3. The summed E-state index contributed by atoms with van der Waals surface area (Å²) in [5, 5.41) is 5.93. The van der Waals surface area contributed by atoms with Crippen LogP contribution in [0.15, 0.2) is 23.2 Å². The first-order valence-electron chi connectivity index (χ1n) is 6.22. The smallest absolute Gasteiger partial charge is 0.220 e. The molecule has 0 amide bonds. The number of thioether (sulfide) groups is 1. The molecule has 0 saturated carbocycles. The number of benzene rings is 1. The zero-order chi connectivity index (χ0) is 15.1. The summed E-state index contributed by atoms with van der Waals surface area (Å²) in [5.74, 6) is 0. The number of hydrogen-bond acceptors (Lipinski definition) is 5. The number of aryl methyl sites for hydroxylation is 1. The molecular formula is C13H19N3O2S2. The molecule has 0 radical (unpaired) electrons. The average Bonchev–Trinajstić information content (AvgIpc) is 2.75. The minimum absolute atomic E-state index is 0.0909. The second-order valence-corrected chi connectivity index (χ2v) is 8.79. The molecule has 0 aromatic heterocycles. The molecular weight excluding hydrogens is 294 g/mol. The fourth-order valence-electron chi connectivity index (χ4n) is 2.03. The van der Waals surface area contributed by atoms with Crippen molar-refractivity contribution in [2.24, 2.45) is 10.1 Å². The Balaban J connectivity index is 2.24. The molecule has 0 aliphatic carbocycles. The lowest BCUT2D eigenvalue weighted by atomic mass is 10.1. The predicted octanol–water partition coefficient (Wildman–Crippen LogP) is 1.83. The van der Waals surface area contributed by atoms with Crippen LogP contribution >= 0.6 is 11.8 Å². The Morgan fingerprint density at radius 1 is 1.35 bits per heavy atom. The number of sulfonamides is 1. The summed E-state index contributed by atoms with van der Waals surface area (Å²) in [6.45, 7) is 5.69. The summed E-state index contributed by atoms with van der Waals surface area (Å²) in [6, 6.07) is 5.86. The van der Waals surface area contributed by atoms with Gasteiger partial charge < -0.3 is 5.73 Å². The third-order valence-electron chi connectivity index (χ3n) is 3.37. The zero-order valence-electron chi connectivity index (χ0n) is 11.8. The van der Waals surface area contributed by atoms with Gasteiger partial charge in [-0.1, -0.05) is 17.8 Å². The lowest BCUT2D eigenvalue weighted by molar-refractivity contribution is 0.580. The van der Waals surface area contributed by atoms with Gasteiger partial charge in [0.05, 0.1) is 16.8 Å². The fourth-order valence-corrected chi connectivity index (χ4v) is 3.96. The molecule has 0 bridgehead atoms. The minimum Gasteiger partial charge on any atom is -0.399 e. The van der Waals surface area contributed by atoms with E-state index >= 15 is 0 Å². The third-order valence-corrected chi connectivity index (χ3v) is 6.69. The largest absolute Gasteiger partial charge is 0.399 e. The van der Waals surface area contributed by atoms with Crippen molar-refractivity contribution < 1.29 is 8.42 Å². The second kappa shape index (κ2) is 5.05. The molecule has 20 heavy (non-hydrogen) atoms. The number of primary sulfonamides is 1. The second-order valence-electron chi connectivity index (χ2n) is 5.48. The summed E-state index contributed by atoms with van der Waals surface area (Å²) in [5.41, 5.74) is 8.71. The molecule has 5 nitrogen and oxygen atoms in total. The van der Waals surface area contributed by atoms with E-state index in [1.807, 2.05) is 19.1 Å². The van der Waals surface area contributed by atoms with Gasteiger partial charge in [0.25, 0.3) is 0 Å². The maximum absolute atomic E-state index is 11.7. The molecule has 4 N–H and O–H groups in total. The molecule has 1 atom stereocenters. The first kappa shape index (κ1) is 15.3. The van der Waals surface area contributed by atoms with Crippen LogP contribution in [0.4, 0.5) is 5.69 Å². The Morgan fingerprint density at radius 3 is 2.55 bits per heavy atom. The van der Waals surface area contributed by atoms with Crippen molar-refractivity contribution in [2.45, 2.75) is 30.8 Å². The molecule has 1 aliphatic heterocycles. The van der Waals surface area contributed by atoms with Crippen molar-refractivity contribution >= 4 is 32.5 Å². The van der Waals surface area contributed by atoms with Gasteiger partial charge in [-0.15, -0.1) is 0 Å². The molecule has 2 rings (SSSR count). The molecule has 110 valence electrons. The number of hydrogen-bond donors (Lipinski definition) is 2. The van der Waals surface area contributed by atoms with Crippen LogP contribution < -0.4 is 10.9 Å². The topological polar surface area (TPSA) is 98.5 Å². The van der Waals surface area contributed by atoms with Gasteiger partial charge in [-0.05, 0) is 44.0 Å². The van der Waals surface area contributed by atoms with Crippen molar-refractivity contribution in [3.8, 4) is 0 Å². The fraction of sp³-hybridized carbons (Fsp3) is 0.462. The molecule has 0 fully saturated rings. The number of nitrogens with zero attached hydrogens (tertiary/aromatic N) is 1. The van der Waals surface area contributed by atoms with Crippen LogP contribution in [-0.2, 0) is 10.0 Å². The van der Waals surface area contributed by atoms with Gasteiger partial charge >= 0.3 is 0 Å². The van der Waals surface area contributed by atoms with E-state index in [0.29, 0.717) is 17.3 Å². The van der Waals surface area contributed by atoms with Crippen molar-refractivity contribution in [3.63, 3.8) is 0 Å². The minimum atomic E-state index is -3.68. The zero-order valence-corrected chi connectivity index (χ0v) is 13.4. The van der Waals surface area contributed by atoms with Gasteiger partial charge in [0.1, 0.15) is 4.75 Å². The number of nitrogens with two attached hydrogens (primary N) is 2. The van der Waals surface area contributed by atoms with E-state index in [0.717, 1.165) is 11.1 Å². The van der Waals surface area contributed by atoms with Crippen LogP contribution in [0.25, 0.3) is 0 Å². The molecule has 0 spiro atoms. The van der Waals surface area contributed by atoms with Gasteiger partial charge in [-0.3, -0.25) is 4.99 Å². The first-order chi connectivity index (χ1) is 9.11. The molecule has 0 saturated heterocycles. The highest BCUT2D eigenvalue weighted by Crippen LogP contribution is 2.41. The van der Waals surface area contributed by atoms with Crippen molar-refractivity contribution in [1.29, 1.82) is 0 Å². The van der Waals surface area contributed by atoms with E-state index in [-0.39, 0.29) is 5.25 Å². The Hall–Kier alpha value is -1.05. The quantitative estimate of drug-likeness (QED) is 0.832. The lowest BCUT2D eigenvalue weighted by Crippen LogP contribution is -2.43. The van der Waals surface area contributed by atoms with Gasteiger partial charge in [0, 0.05) is 5.69 Å². The molecule has 1 heterocycles. The molecule has 1 unspecified atom stereocenters. The molecule has 1 aromatic rings. The number of anilines is 1. The lowest BCUT2D eigenvalue weighted by Gasteiger charge is -2.22. The number of aliphatic imine (C=N–C) groups is 1. The van der Waals surface area contributed by atoms with Crippen LogP contribution in [0, 0.1) is 6.92 Å². The Morgan fingerprint density at radius 2 is 2.00 bits per heavy atom. The van der Waals surface area contributed by atoms with Crippen molar-refractivity contribution in [3.05, 3.63) is 29.3 Å². The first-order valence-corrected chi connectivity index (χ1v) is 8.65. The van der Waals surface area contributed by atoms with Gasteiger partial charge in [0.2, 0.25) is 10.0 Å². The Bertz CT molecular complexity index is 646. The molecule has 1 aliphatic rings. The van der Waals surface area contributed by atoms with Crippen LogP contribution in [0.1, 0.15) is 30.2 Å². The average molecular weight is 313 g/mol. The van der Waals surface area contributed by atoms with E-state index in [1.165, 1.54) is 11.8 Å². The standard InChI is InChI=1S/C13H19N3O2S2/c1-8-4-9(6-10(14)5-8)11-7-16-12(19-11)13(2,3)20(15,17)18/h4-6,11H,7,14H2,1-3H3,(H2,15,17,18). The maximum atomic E-state index is 11.7. The van der Waals surface area contributed by atoms with E-state index in [9.17, 15) is 8.42 Å². The SMILES string of the molecule is Cc1cc(N)cc(C2CN=C(C(C)(C)S(N)(=O)=O)S2)c1. The summed E-state index contributed by atoms with van der Waals surface area (Å²) in [6.07, 6.45) is 0. The highest BCUT2D eigenvalue weighted by Gasteiger charge is 2.41. The van der Waals surface area contributed by atoms with Crippen LogP contribution in [0.2, 0.25) is 0 Å². The van der Waals surface area contributed by atoms with E-state index in [4.69, 9.17) is 10.9 Å². The Kier molecular flexibility index (Phi) is 3.88. The molecule has 7 heteroatoms. The normalized spacial score (nSPS) is 20.0. The van der Waals surface area contributed by atoms with Gasteiger partial charge in [-0.25, -0.2) is 13.6 Å². The highest BCUT2D eigenvalue weighted by atomic mass is 32.2. The van der Waals surface area contributed by atoms with Gasteiger partial charge in [-0.2, -0.15) is 0 Å². The summed E-state index contributed by atoms with van der Waals surface area (Å²) in [4.78, 5) is 4.37. The summed E-state index contributed by atoms with van der Waals surface area (Å²) < 4.78 is 22.2. The summed E-state index contributed by atoms with van der Waals surface area (Å²) in [7, 11) is -3.68. The monoisotopic (exact) mass is 313 g/mol. The van der Waals surface area contributed by atoms with Crippen LogP contribution in [-0.4, -0.2) is 24.8 Å². The van der Waals surface area contributed by atoms with Crippen LogP contribution in [0.3, 0.4) is 0 Å². The predicted molar refractivity (Wildman–Crippen MR) is 85.4 cm³/mol. The molecule has 1 aromatic carbocycles.